The number of aliphatic hydroxyl groups is 1. The molecule has 0 bridgehead atoms. The highest BCUT2D eigenvalue weighted by atomic mass is 32.2. The van der Waals surface area contributed by atoms with E-state index in [1.54, 1.807) is 26.0 Å². The zero-order chi connectivity index (χ0) is 24.5. The summed E-state index contributed by atoms with van der Waals surface area (Å²) >= 11 is 0. The number of rotatable bonds is 6. The van der Waals surface area contributed by atoms with Gasteiger partial charge in [-0.1, -0.05) is 12.1 Å². The zero-order valence-electron chi connectivity index (χ0n) is 18.7. The molecule has 10 nitrogen and oxygen atoms in total. The third kappa shape index (κ3) is 5.08. The smallest absolute Gasteiger partial charge is 0.333 e. The molecule has 2 aromatic heterocycles. The molecule has 3 aromatic rings. The molecule has 0 aliphatic heterocycles. The van der Waals surface area contributed by atoms with Crippen molar-refractivity contribution in [3.05, 3.63) is 59.5 Å². The van der Waals surface area contributed by atoms with Gasteiger partial charge in [0.25, 0.3) is 10.0 Å². The summed E-state index contributed by atoms with van der Waals surface area (Å²) in [5.41, 5.74) is 3.03. The summed E-state index contributed by atoms with van der Waals surface area (Å²) in [5.74, 6) is 0. The average molecular weight is 481 g/mol. The van der Waals surface area contributed by atoms with Gasteiger partial charge in [0.05, 0.1) is 17.8 Å². The van der Waals surface area contributed by atoms with E-state index in [2.05, 4.69) is 15.4 Å². The average Bonchev–Trinajstić information content (AvgIpc) is 3.42. The van der Waals surface area contributed by atoms with Gasteiger partial charge in [0.2, 0.25) is 0 Å². The van der Waals surface area contributed by atoms with Gasteiger partial charge >= 0.3 is 6.03 Å². The van der Waals surface area contributed by atoms with Crippen LogP contribution in [0, 0.1) is 11.3 Å². The van der Waals surface area contributed by atoms with Gasteiger partial charge < -0.3 is 10.4 Å². The molecule has 0 radical (unpaired) electrons. The summed E-state index contributed by atoms with van der Waals surface area (Å²) in [6.45, 7) is 3.24. The van der Waals surface area contributed by atoms with E-state index in [0.29, 0.717) is 16.8 Å². The third-order valence-electron chi connectivity index (χ3n) is 5.37. The summed E-state index contributed by atoms with van der Waals surface area (Å²) < 4.78 is 28.8. The Hall–Kier alpha value is -3.75. The molecular weight excluding hydrogens is 456 g/mol. The normalized spacial score (nSPS) is 13.2. The second kappa shape index (κ2) is 8.89. The molecule has 0 saturated heterocycles. The highest BCUT2D eigenvalue weighted by Crippen LogP contribution is 2.37. The first kappa shape index (κ1) is 23.4. The fraction of sp³-hybridized carbons (Fsp3) is 0.304. The molecule has 0 spiro atoms. The highest BCUT2D eigenvalue weighted by Gasteiger charge is 2.25. The predicted molar refractivity (Wildman–Crippen MR) is 124 cm³/mol. The van der Waals surface area contributed by atoms with Crippen molar-refractivity contribution in [1.29, 1.82) is 5.26 Å². The van der Waals surface area contributed by atoms with Gasteiger partial charge in [-0.25, -0.2) is 14.5 Å². The van der Waals surface area contributed by atoms with Gasteiger partial charge in [-0.3, -0.25) is 4.68 Å². The van der Waals surface area contributed by atoms with Crippen LogP contribution in [0.4, 0.5) is 10.5 Å². The number of fused-ring (bicyclic) bond motifs is 1. The number of aromatic nitrogens is 3. The van der Waals surface area contributed by atoms with E-state index >= 15 is 0 Å². The van der Waals surface area contributed by atoms with Crippen molar-refractivity contribution in [3.8, 4) is 17.2 Å². The van der Waals surface area contributed by atoms with E-state index in [-0.39, 0.29) is 17.3 Å². The fourth-order valence-corrected chi connectivity index (χ4v) is 4.85. The van der Waals surface area contributed by atoms with E-state index in [1.165, 1.54) is 23.1 Å². The Morgan fingerprint density at radius 2 is 2.06 bits per heavy atom. The maximum Gasteiger partial charge on any atom is 0.333 e. The van der Waals surface area contributed by atoms with E-state index in [0.717, 1.165) is 30.4 Å². The van der Waals surface area contributed by atoms with E-state index < -0.39 is 21.7 Å². The molecule has 0 unspecified atom stereocenters. The molecule has 0 saturated carbocycles. The summed E-state index contributed by atoms with van der Waals surface area (Å²) in [7, 11) is -4.25. The summed E-state index contributed by atoms with van der Waals surface area (Å²) in [4.78, 5) is 16.8. The standard InChI is InChI=1S/C23H24N6O4S/c1-23(2,31)14-29-11-9-20(27-29)34(32,33)28-22(30)26-21-18-5-3-4-15(18)6-7-19(21)16-8-10-25-17(12-16)13-24/h6-12,31H,3-5,14H2,1-2H3,(H2,26,28,30). The van der Waals surface area contributed by atoms with E-state index in [9.17, 15) is 23.6 Å². The minimum absolute atomic E-state index is 0.0881. The van der Waals surface area contributed by atoms with Crippen LogP contribution in [-0.4, -0.2) is 39.9 Å². The monoisotopic (exact) mass is 480 g/mol. The Balaban J connectivity index is 1.61. The highest BCUT2D eigenvalue weighted by molar-refractivity contribution is 7.90. The molecule has 176 valence electrons. The molecule has 4 rings (SSSR count). The van der Waals surface area contributed by atoms with Crippen LogP contribution in [0.1, 0.15) is 37.1 Å². The molecule has 1 aliphatic carbocycles. The maximum absolute atomic E-state index is 12.8. The fourth-order valence-electron chi connectivity index (χ4n) is 3.99. The Bertz CT molecular complexity index is 1400. The SMILES string of the molecule is CC(C)(O)Cn1ccc(S(=O)(=O)NC(=O)Nc2c(-c3ccnc(C#N)c3)ccc3c2CCC3)n1. The van der Waals surface area contributed by atoms with Crippen LogP contribution in [-0.2, 0) is 29.4 Å². The number of pyridine rings is 1. The molecule has 1 aromatic carbocycles. The molecule has 0 atom stereocenters. The molecule has 1 aliphatic rings. The number of benzene rings is 1. The number of hydrogen-bond acceptors (Lipinski definition) is 7. The number of carbonyl (C=O) groups excluding carboxylic acids is 1. The molecule has 11 heteroatoms. The van der Waals surface area contributed by atoms with Gasteiger partial charge in [-0.2, -0.15) is 18.8 Å². The molecule has 2 amide bonds. The van der Waals surface area contributed by atoms with Crippen LogP contribution >= 0.6 is 0 Å². The van der Waals surface area contributed by atoms with Crippen molar-refractivity contribution < 1.29 is 18.3 Å². The second-order valence-corrected chi connectivity index (χ2v) is 10.4. The Kier molecular flexibility index (Phi) is 6.12. The van der Waals surface area contributed by atoms with Gasteiger partial charge in [-0.15, -0.1) is 0 Å². The minimum Gasteiger partial charge on any atom is -0.389 e. The Labute approximate surface area is 197 Å². The lowest BCUT2D eigenvalue weighted by molar-refractivity contribution is 0.0573. The maximum atomic E-state index is 12.8. The number of urea groups is 1. The van der Waals surface area contributed by atoms with Gasteiger partial charge in [-0.05, 0) is 68.0 Å². The number of sulfonamides is 1. The third-order valence-corrected chi connectivity index (χ3v) is 6.60. The number of hydrogen-bond donors (Lipinski definition) is 3. The number of aryl methyl sites for hydroxylation is 1. The Morgan fingerprint density at radius 1 is 1.26 bits per heavy atom. The predicted octanol–water partition coefficient (Wildman–Crippen LogP) is 2.59. The van der Waals surface area contributed by atoms with Crippen molar-refractivity contribution in [2.75, 3.05) is 5.32 Å². The summed E-state index contributed by atoms with van der Waals surface area (Å²) in [6.07, 6.45) is 5.46. The lowest BCUT2D eigenvalue weighted by Gasteiger charge is -2.17. The summed E-state index contributed by atoms with van der Waals surface area (Å²) in [5, 5.41) is 25.4. The van der Waals surface area contributed by atoms with Gasteiger partial charge in [0.15, 0.2) is 5.03 Å². The van der Waals surface area contributed by atoms with Crippen LogP contribution in [0.3, 0.4) is 0 Å². The first-order chi connectivity index (χ1) is 16.1. The lowest BCUT2D eigenvalue weighted by atomic mass is 9.97. The number of amides is 2. The van der Waals surface area contributed by atoms with Crippen LogP contribution in [0.5, 0.6) is 0 Å². The van der Waals surface area contributed by atoms with Crippen molar-refractivity contribution in [2.24, 2.45) is 0 Å². The van der Waals surface area contributed by atoms with Gasteiger partial charge in [0, 0.05) is 18.0 Å². The number of nitriles is 1. The van der Waals surface area contributed by atoms with Crippen molar-refractivity contribution in [2.45, 2.75) is 50.3 Å². The molecule has 2 heterocycles. The quantitative estimate of drug-likeness (QED) is 0.491. The van der Waals surface area contributed by atoms with Crippen LogP contribution in [0.15, 0.2) is 47.8 Å². The molecule has 0 fully saturated rings. The minimum atomic E-state index is -4.25. The Morgan fingerprint density at radius 3 is 2.79 bits per heavy atom. The molecule has 3 N–H and O–H groups in total. The lowest BCUT2D eigenvalue weighted by Crippen LogP contribution is -2.35. The number of anilines is 1. The van der Waals surface area contributed by atoms with Crippen LogP contribution in [0.2, 0.25) is 0 Å². The van der Waals surface area contributed by atoms with Crippen molar-refractivity contribution in [1.82, 2.24) is 19.5 Å². The van der Waals surface area contributed by atoms with Crippen molar-refractivity contribution in [3.63, 3.8) is 0 Å². The van der Waals surface area contributed by atoms with Crippen LogP contribution < -0.4 is 10.0 Å². The first-order valence-corrected chi connectivity index (χ1v) is 12.1. The summed E-state index contributed by atoms with van der Waals surface area (Å²) in [6, 6.07) is 9.52. The van der Waals surface area contributed by atoms with Gasteiger partial charge in [0.1, 0.15) is 11.8 Å². The largest absolute Gasteiger partial charge is 0.389 e. The van der Waals surface area contributed by atoms with E-state index in [4.69, 9.17) is 0 Å². The number of nitrogens with one attached hydrogen (secondary N) is 2. The molecule has 34 heavy (non-hydrogen) atoms. The second-order valence-electron chi connectivity index (χ2n) is 8.74. The topological polar surface area (TPSA) is 150 Å². The first-order valence-electron chi connectivity index (χ1n) is 10.7. The zero-order valence-corrected chi connectivity index (χ0v) is 19.6. The number of nitrogens with zero attached hydrogens (tertiary/aromatic N) is 4. The van der Waals surface area contributed by atoms with Crippen molar-refractivity contribution >= 4 is 21.7 Å². The molecular formula is C23H24N6O4S. The number of carbonyl (C=O) groups is 1. The van der Waals surface area contributed by atoms with Crippen LogP contribution in [0.25, 0.3) is 11.1 Å². The van der Waals surface area contributed by atoms with E-state index in [1.807, 2.05) is 22.9 Å².